The molecule has 194 valence electrons. The highest BCUT2D eigenvalue weighted by Gasteiger charge is 2.27. The Balaban J connectivity index is 1.52. The zero-order valence-corrected chi connectivity index (χ0v) is 22.0. The first kappa shape index (κ1) is 26.4. The lowest BCUT2D eigenvalue weighted by Gasteiger charge is -2.32. The van der Waals surface area contributed by atoms with Gasteiger partial charge in [0.1, 0.15) is 0 Å². The van der Waals surface area contributed by atoms with E-state index in [4.69, 9.17) is 0 Å². The largest absolute Gasteiger partial charge is 0.353 e. The fourth-order valence-electron chi connectivity index (χ4n) is 4.58. The lowest BCUT2D eigenvalue weighted by Crippen LogP contribution is -2.48. The first-order valence-electron chi connectivity index (χ1n) is 12.9. The van der Waals surface area contributed by atoms with Crippen LogP contribution >= 0.6 is 0 Å². The minimum absolute atomic E-state index is 0.0649. The second-order valence-corrected chi connectivity index (χ2v) is 9.71. The van der Waals surface area contributed by atoms with Gasteiger partial charge >= 0.3 is 0 Å². The van der Waals surface area contributed by atoms with Crippen LogP contribution < -0.4 is 15.5 Å². The van der Waals surface area contributed by atoms with Crippen molar-refractivity contribution in [3.05, 3.63) is 90.0 Å². The number of rotatable bonds is 11. The minimum Gasteiger partial charge on any atom is -0.353 e. The fourth-order valence-corrected chi connectivity index (χ4v) is 4.58. The molecule has 0 atom stereocenters. The molecular weight excluding hydrogens is 462 g/mol. The number of benzene rings is 3. The highest BCUT2D eigenvalue weighted by atomic mass is 16.2. The third-order valence-corrected chi connectivity index (χ3v) is 6.60. The van der Waals surface area contributed by atoms with Crippen LogP contribution in [-0.2, 0) is 22.7 Å². The maximum absolute atomic E-state index is 13.5. The number of anilines is 1. The average Bonchev–Trinajstić information content (AvgIpc) is 3.35. The van der Waals surface area contributed by atoms with Gasteiger partial charge in [-0.3, -0.25) is 14.6 Å². The summed E-state index contributed by atoms with van der Waals surface area (Å²) in [6.07, 6.45) is 0. The number of hydrogen-bond acceptors (Lipinski definition) is 5. The first-order valence-corrected chi connectivity index (χ1v) is 12.9. The second kappa shape index (κ2) is 12.5. The lowest BCUT2D eigenvalue weighted by molar-refractivity contribution is -0.145. The van der Waals surface area contributed by atoms with Crippen LogP contribution in [0.4, 0.5) is 5.69 Å². The summed E-state index contributed by atoms with van der Waals surface area (Å²) in [5.74, 6) is -0.178. The number of carbonyl (C=O) groups excluding carboxylic acids is 2. The molecule has 0 radical (unpaired) electrons. The van der Waals surface area contributed by atoms with Crippen molar-refractivity contribution in [2.45, 2.75) is 33.0 Å². The Bertz CT molecular complexity index is 1170. The van der Waals surface area contributed by atoms with E-state index >= 15 is 0 Å². The number of nitrogens with zero attached hydrogens (tertiary/aromatic N) is 3. The van der Waals surface area contributed by atoms with Crippen molar-refractivity contribution in [1.29, 1.82) is 0 Å². The smallest absolute Gasteiger partial charge is 0.256 e. The van der Waals surface area contributed by atoms with Crippen LogP contribution in [0.25, 0.3) is 11.1 Å². The highest BCUT2D eigenvalue weighted by Crippen LogP contribution is 2.31. The summed E-state index contributed by atoms with van der Waals surface area (Å²) < 4.78 is 0. The van der Waals surface area contributed by atoms with Gasteiger partial charge in [0, 0.05) is 50.5 Å². The van der Waals surface area contributed by atoms with Crippen LogP contribution in [0.3, 0.4) is 0 Å². The molecule has 37 heavy (non-hydrogen) atoms. The van der Waals surface area contributed by atoms with E-state index in [2.05, 4.69) is 36.6 Å². The second-order valence-electron chi connectivity index (χ2n) is 9.71. The molecule has 0 spiro atoms. The van der Waals surface area contributed by atoms with E-state index in [1.807, 2.05) is 83.7 Å². The predicted octanol–water partition coefficient (Wildman–Crippen LogP) is 3.66. The van der Waals surface area contributed by atoms with Crippen molar-refractivity contribution >= 4 is 17.5 Å². The molecule has 7 heteroatoms. The summed E-state index contributed by atoms with van der Waals surface area (Å²) in [7, 11) is 1.81. The summed E-state index contributed by atoms with van der Waals surface area (Å²) in [5.41, 5.74) is 5.36. The molecule has 0 unspecified atom stereocenters. The van der Waals surface area contributed by atoms with Crippen LogP contribution in [-0.4, -0.2) is 61.1 Å². The lowest BCUT2D eigenvalue weighted by atomic mass is 10.0. The van der Waals surface area contributed by atoms with Gasteiger partial charge in [-0.05, 0) is 22.8 Å². The van der Waals surface area contributed by atoms with Crippen molar-refractivity contribution in [2.24, 2.45) is 0 Å². The van der Waals surface area contributed by atoms with Crippen LogP contribution in [0.2, 0.25) is 0 Å². The third kappa shape index (κ3) is 6.96. The number of likely N-dealkylation sites (N-methyl/N-ethyl adjacent to an activating group) is 1. The predicted molar refractivity (Wildman–Crippen MR) is 149 cm³/mol. The number of hydrogen-bond donors (Lipinski definition) is 2. The number of hydrazine groups is 1. The molecule has 0 saturated heterocycles. The molecule has 4 rings (SSSR count). The van der Waals surface area contributed by atoms with Crippen LogP contribution in [0.5, 0.6) is 0 Å². The SMILES string of the molecule is CC(C)NCCNC(=O)CN(CC(=O)N(C)N1Cc2ccccc2C1)c1ccccc1-c1ccccc1. The average molecular weight is 500 g/mol. The number of fused-ring (bicyclic) bond motifs is 1. The standard InChI is InChI=1S/C30H37N5O2/c1-23(2)31-17-18-32-29(36)21-34(28-16-10-9-15-27(28)24-11-5-4-6-12-24)22-30(37)33(3)35-19-25-13-7-8-14-26(25)20-35/h4-16,23,31H,17-22H2,1-3H3,(H,32,36). The molecule has 0 aliphatic carbocycles. The minimum atomic E-state index is -0.113. The van der Waals surface area contributed by atoms with E-state index in [9.17, 15) is 9.59 Å². The van der Waals surface area contributed by atoms with Gasteiger partial charge in [-0.2, -0.15) is 0 Å². The summed E-state index contributed by atoms with van der Waals surface area (Å²) in [6.45, 7) is 6.95. The molecule has 7 nitrogen and oxygen atoms in total. The zero-order valence-electron chi connectivity index (χ0n) is 22.0. The van der Waals surface area contributed by atoms with Crippen LogP contribution in [0, 0.1) is 0 Å². The molecule has 1 aliphatic rings. The Kier molecular flexibility index (Phi) is 8.93. The van der Waals surface area contributed by atoms with Gasteiger partial charge in [-0.1, -0.05) is 86.6 Å². The van der Waals surface area contributed by atoms with Crippen molar-refractivity contribution in [2.75, 3.05) is 38.1 Å². The van der Waals surface area contributed by atoms with E-state index in [1.54, 1.807) is 5.01 Å². The number of nitrogens with one attached hydrogen (secondary N) is 2. The van der Waals surface area contributed by atoms with Gasteiger partial charge in [0.05, 0.1) is 13.1 Å². The monoisotopic (exact) mass is 499 g/mol. The van der Waals surface area contributed by atoms with Gasteiger partial charge in [-0.25, -0.2) is 5.01 Å². The molecule has 0 saturated carbocycles. The van der Waals surface area contributed by atoms with E-state index in [1.165, 1.54) is 11.1 Å². The van der Waals surface area contributed by atoms with E-state index in [-0.39, 0.29) is 24.9 Å². The Hall–Kier alpha value is -3.68. The van der Waals surface area contributed by atoms with Crippen LogP contribution in [0.15, 0.2) is 78.9 Å². The van der Waals surface area contributed by atoms with Crippen molar-refractivity contribution in [1.82, 2.24) is 20.7 Å². The molecule has 1 heterocycles. The summed E-state index contributed by atoms with van der Waals surface area (Å²) >= 11 is 0. The molecule has 0 bridgehead atoms. The topological polar surface area (TPSA) is 67.9 Å². The summed E-state index contributed by atoms with van der Waals surface area (Å²) in [6, 6.07) is 26.6. The normalized spacial score (nSPS) is 12.9. The number of amides is 2. The van der Waals surface area contributed by atoms with Gasteiger partial charge in [0.25, 0.3) is 5.91 Å². The Morgan fingerprint density at radius 1 is 0.838 bits per heavy atom. The van der Waals surface area contributed by atoms with E-state index in [0.717, 1.165) is 16.8 Å². The molecule has 0 fully saturated rings. The van der Waals surface area contributed by atoms with Crippen molar-refractivity contribution in [3.63, 3.8) is 0 Å². The summed E-state index contributed by atoms with van der Waals surface area (Å²) in [4.78, 5) is 28.4. The zero-order chi connectivity index (χ0) is 26.2. The van der Waals surface area contributed by atoms with Crippen LogP contribution in [0.1, 0.15) is 25.0 Å². The quantitative estimate of drug-likeness (QED) is 0.394. The van der Waals surface area contributed by atoms with Crippen molar-refractivity contribution < 1.29 is 9.59 Å². The Labute approximate surface area is 220 Å². The van der Waals surface area contributed by atoms with Gasteiger partial charge < -0.3 is 15.5 Å². The van der Waals surface area contributed by atoms with Gasteiger partial charge in [-0.15, -0.1) is 0 Å². The van der Waals surface area contributed by atoms with Gasteiger partial charge in [0.2, 0.25) is 5.91 Å². The highest BCUT2D eigenvalue weighted by molar-refractivity contribution is 5.89. The molecule has 1 aliphatic heterocycles. The molecule has 3 aromatic carbocycles. The molecule has 0 aromatic heterocycles. The fraction of sp³-hybridized carbons (Fsp3) is 0.333. The first-order chi connectivity index (χ1) is 17.9. The van der Waals surface area contributed by atoms with Gasteiger partial charge in [0.15, 0.2) is 0 Å². The number of carbonyl (C=O) groups is 2. The maximum Gasteiger partial charge on any atom is 0.256 e. The molecule has 2 amide bonds. The third-order valence-electron chi connectivity index (χ3n) is 6.60. The van der Waals surface area contributed by atoms with E-state index < -0.39 is 0 Å². The molecular formula is C30H37N5O2. The summed E-state index contributed by atoms with van der Waals surface area (Å²) in [5, 5.41) is 10.0. The Morgan fingerprint density at radius 2 is 1.46 bits per heavy atom. The maximum atomic E-state index is 13.5. The van der Waals surface area contributed by atoms with E-state index in [0.29, 0.717) is 32.2 Å². The molecule has 2 N–H and O–H groups in total. The number of para-hydroxylation sites is 1. The Morgan fingerprint density at radius 3 is 2.14 bits per heavy atom. The molecule has 3 aromatic rings. The van der Waals surface area contributed by atoms with Crippen molar-refractivity contribution in [3.8, 4) is 11.1 Å².